The number of fused-ring (bicyclic) bond motifs is 8. The van der Waals surface area contributed by atoms with Gasteiger partial charge in [0.25, 0.3) is 0 Å². The third-order valence-corrected chi connectivity index (χ3v) is 9.47. The zero-order chi connectivity index (χ0) is 32.3. The number of rotatable bonds is 5. The Morgan fingerprint density at radius 3 is 1.96 bits per heavy atom. The Morgan fingerprint density at radius 2 is 1.12 bits per heavy atom. The molecule has 0 aliphatic rings. The Labute approximate surface area is 282 Å². The zero-order valence-electron chi connectivity index (χ0n) is 26.4. The number of anilines is 3. The molecule has 4 nitrogen and oxygen atoms in total. The lowest BCUT2D eigenvalue weighted by atomic mass is 9.98. The Morgan fingerprint density at radius 1 is 0.449 bits per heavy atom. The molecule has 0 N–H and O–H groups in total. The van der Waals surface area contributed by atoms with E-state index >= 15 is 0 Å². The number of benzene rings is 8. The minimum atomic E-state index is 0.598. The number of hydrogen-bond acceptors (Lipinski definition) is 4. The summed E-state index contributed by atoms with van der Waals surface area (Å²) in [7, 11) is 0. The van der Waals surface area contributed by atoms with Crippen LogP contribution in [0.2, 0.25) is 0 Å². The van der Waals surface area contributed by atoms with Gasteiger partial charge in [-0.2, -0.15) is 0 Å². The molecular formula is C45H28N2O2. The molecule has 0 unspecified atom stereocenters. The molecule has 2 aromatic heterocycles. The molecule has 10 aromatic rings. The maximum atomic E-state index is 6.74. The van der Waals surface area contributed by atoms with Gasteiger partial charge in [0, 0.05) is 33.1 Å². The lowest BCUT2D eigenvalue weighted by Crippen LogP contribution is -2.10. The first-order valence-electron chi connectivity index (χ1n) is 16.5. The molecule has 0 aliphatic heterocycles. The highest BCUT2D eigenvalue weighted by atomic mass is 16.3. The molecular weight excluding hydrogens is 601 g/mol. The molecule has 10 rings (SSSR count). The zero-order valence-corrected chi connectivity index (χ0v) is 26.4. The predicted molar refractivity (Wildman–Crippen MR) is 202 cm³/mol. The van der Waals surface area contributed by atoms with Gasteiger partial charge in [-0.25, -0.2) is 4.98 Å². The van der Waals surface area contributed by atoms with Crippen LogP contribution in [-0.4, -0.2) is 4.98 Å². The second-order valence-electron chi connectivity index (χ2n) is 12.3. The maximum Gasteiger partial charge on any atom is 0.227 e. The number of nitrogens with zero attached hydrogens (tertiary/aromatic N) is 2. The lowest BCUT2D eigenvalue weighted by molar-refractivity contribution is 0.623. The van der Waals surface area contributed by atoms with E-state index in [1.54, 1.807) is 0 Å². The van der Waals surface area contributed by atoms with Crippen LogP contribution in [-0.2, 0) is 0 Å². The van der Waals surface area contributed by atoms with Crippen molar-refractivity contribution in [2.75, 3.05) is 4.90 Å². The molecule has 8 aromatic carbocycles. The summed E-state index contributed by atoms with van der Waals surface area (Å²) in [6.07, 6.45) is 0. The van der Waals surface area contributed by atoms with Gasteiger partial charge in [0.2, 0.25) is 5.89 Å². The number of aromatic nitrogens is 1. The third kappa shape index (κ3) is 4.42. The van der Waals surface area contributed by atoms with Crippen LogP contribution in [0.1, 0.15) is 0 Å². The summed E-state index contributed by atoms with van der Waals surface area (Å²) >= 11 is 0. The minimum absolute atomic E-state index is 0.598. The number of oxazole rings is 1. The first kappa shape index (κ1) is 27.5. The fourth-order valence-electron chi connectivity index (χ4n) is 7.23. The average Bonchev–Trinajstić information content (AvgIpc) is 3.79. The third-order valence-electron chi connectivity index (χ3n) is 9.47. The molecule has 0 bridgehead atoms. The van der Waals surface area contributed by atoms with Crippen LogP contribution >= 0.6 is 0 Å². The fraction of sp³-hybridized carbons (Fsp3) is 0. The van der Waals surface area contributed by atoms with Gasteiger partial charge in [0.05, 0.1) is 5.69 Å². The van der Waals surface area contributed by atoms with Crippen molar-refractivity contribution in [3.8, 4) is 22.6 Å². The predicted octanol–water partition coefficient (Wildman–Crippen LogP) is 12.8. The average molecular weight is 629 g/mol. The van der Waals surface area contributed by atoms with Crippen LogP contribution in [0.25, 0.3) is 77.2 Å². The van der Waals surface area contributed by atoms with Gasteiger partial charge in [-0.1, -0.05) is 115 Å². The standard InChI is InChI=1S/C45H28N2O2/c1-3-13-31(14-4-1)45-46-43-38(28-32-23-22-29-12-7-8-17-35(29)41(32)44(43)49-45)47(33-15-5-2-6-16-33)34-26-24-30(25-27-34)36-19-11-21-40-42(36)37-18-9-10-20-39(37)48-40/h1-28H. The second-order valence-corrected chi connectivity index (χ2v) is 12.3. The van der Waals surface area contributed by atoms with Crippen molar-refractivity contribution in [1.29, 1.82) is 0 Å². The first-order valence-corrected chi connectivity index (χ1v) is 16.5. The molecule has 4 heteroatoms. The van der Waals surface area contributed by atoms with E-state index < -0.39 is 0 Å². The highest BCUT2D eigenvalue weighted by Gasteiger charge is 2.23. The summed E-state index contributed by atoms with van der Waals surface area (Å²) in [5.74, 6) is 0.598. The highest BCUT2D eigenvalue weighted by Crippen LogP contribution is 2.45. The van der Waals surface area contributed by atoms with Gasteiger partial charge in [0.15, 0.2) is 5.58 Å². The second kappa shape index (κ2) is 11.0. The Hall–Kier alpha value is -6.65. The van der Waals surface area contributed by atoms with Crippen LogP contribution in [0.15, 0.2) is 179 Å². The molecule has 0 atom stereocenters. The Balaban J connectivity index is 1.21. The molecule has 49 heavy (non-hydrogen) atoms. The monoisotopic (exact) mass is 628 g/mol. The molecule has 0 saturated carbocycles. The lowest BCUT2D eigenvalue weighted by Gasteiger charge is -2.26. The molecule has 230 valence electrons. The van der Waals surface area contributed by atoms with Gasteiger partial charge in [-0.3, -0.25) is 0 Å². The van der Waals surface area contributed by atoms with Crippen molar-refractivity contribution in [2.24, 2.45) is 0 Å². The summed E-state index contributed by atoms with van der Waals surface area (Å²) in [6.45, 7) is 0. The van der Waals surface area contributed by atoms with E-state index in [1.165, 1.54) is 0 Å². The smallest absolute Gasteiger partial charge is 0.227 e. The summed E-state index contributed by atoms with van der Waals surface area (Å²) in [5.41, 5.74) is 9.58. The molecule has 2 heterocycles. The van der Waals surface area contributed by atoms with Crippen LogP contribution in [0, 0.1) is 0 Å². The summed E-state index contributed by atoms with van der Waals surface area (Å²) in [6, 6.07) is 59.0. The van der Waals surface area contributed by atoms with Gasteiger partial charge in [-0.15, -0.1) is 0 Å². The van der Waals surface area contributed by atoms with E-state index in [-0.39, 0.29) is 0 Å². The number of hydrogen-bond donors (Lipinski definition) is 0. The molecule has 0 fully saturated rings. The van der Waals surface area contributed by atoms with E-state index in [2.05, 4.69) is 120 Å². The van der Waals surface area contributed by atoms with E-state index in [9.17, 15) is 0 Å². The van der Waals surface area contributed by atoms with Crippen molar-refractivity contribution >= 4 is 71.6 Å². The molecule has 0 spiro atoms. The Bertz CT molecular complexity index is 2820. The molecule has 0 saturated heterocycles. The first-order chi connectivity index (χ1) is 24.3. The highest BCUT2D eigenvalue weighted by molar-refractivity contribution is 6.21. The van der Waals surface area contributed by atoms with Crippen LogP contribution in [0.5, 0.6) is 0 Å². The van der Waals surface area contributed by atoms with Crippen LogP contribution in [0.4, 0.5) is 17.1 Å². The van der Waals surface area contributed by atoms with Gasteiger partial charge in [0.1, 0.15) is 16.7 Å². The number of furan rings is 1. The van der Waals surface area contributed by atoms with Crippen molar-refractivity contribution in [3.05, 3.63) is 170 Å². The van der Waals surface area contributed by atoms with E-state index in [4.69, 9.17) is 13.8 Å². The van der Waals surface area contributed by atoms with Crippen molar-refractivity contribution in [2.45, 2.75) is 0 Å². The topological polar surface area (TPSA) is 42.4 Å². The number of para-hydroxylation sites is 2. The summed E-state index contributed by atoms with van der Waals surface area (Å²) in [4.78, 5) is 7.50. The van der Waals surface area contributed by atoms with Crippen molar-refractivity contribution < 1.29 is 8.83 Å². The fourth-order valence-corrected chi connectivity index (χ4v) is 7.23. The van der Waals surface area contributed by atoms with E-state index in [0.29, 0.717) is 5.89 Å². The summed E-state index contributed by atoms with van der Waals surface area (Å²) < 4.78 is 12.9. The normalized spacial score (nSPS) is 11.7. The van der Waals surface area contributed by atoms with E-state index in [0.717, 1.165) is 88.3 Å². The van der Waals surface area contributed by atoms with E-state index in [1.807, 2.05) is 54.6 Å². The SMILES string of the molecule is c1ccc(-c2nc3c(N(c4ccccc4)c4ccc(-c5cccc6oc7ccccc7c56)cc4)cc4ccc5ccccc5c4c3o2)cc1. The Kier molecular flexibility index (Phi) is 6.15. The molecule has 0 radical (unpaired) electrons. The largest absolute Gasteiger partial charge is 0.456 e. The quantitative estimate of drug-likeness (QED) is 0.178. The molecule has 0 amide bonds. The van der Waals surface area contributed by atoms with Crippen LogP contribution in [0.3, 0.4) is 0 Å². The van der Waals surface area contributed by atoms with Crippen molar-refractivity contribution in [3.63, 3.8) is 0 Å². The van der Waals surface area contributed by atoms with Gasteiger partial charge < -0.3 is 13.7 Å². The summed E-state index contributed by atoms with van der Waals surface area (Å²) in [5, 5.41) is 6.71. The molecule has 0 aliphatic carbocycles. The van der Waals surface area contributed by atoms with Crippen LogP contribution < -0.4 is 4.90 Å². The maximum absolute atomic E-state index is 6.74. The minimum Gasteiger partial charge on any atom is -0.456 e. The van der Waals surface area contributed by atoms with Gasteiger partial charge in [-0.05, 0) is 81.9 Å². The van der Waals surface area contributed by atoms with Gasteiger partial charge >= 0.3 is 0 Å². The van der Waals surface area contributed by atoms with Crippen molar-refractivity contribution in [1.82, 2.24) is 4.98 Å².